The van der Waals surface area contributed by atoms with E-state index in [2.05, 4.69) is 0 Å². The Morgan fingerprint density at radius 2 is 1.90 bits per heavy atom. The monoisotopic (exact) mass is 162 g/mol. The zero-order valence-electron chi connectivity index (χ0n) is 6.72. The van der Waals surface area contributed by atoms with Gasteiger partial charge in [0.25, 0.3) is 0 Å². The van der Waals surface area contributed by atoms with Crippen molar-refractivity contribution in [2.24, 2.45) is 0 Å². The Morgan fingerprint density at radius 3 is 2.20 bits per heavy atom. The van der Waals surface area contributed by atoms with Gasteiger partial charge in [0, 0.05) is 4.91 Å². The van der Waals surface area contributed by atoms with Crippen molar-refractivity contribution >= 4 is 9.84 Å². The first-order valence-corrected chi connectivity index (χ1v) is 5.09. The zero-order valence-corrected chi connectivity index (χ0v) is 7.53. The molecule has 0 fully saturated rings. The van der Waals surface area contributed by atoms with E-state index in [1.54, 1.807) is 19.9 Å². The first kappa shape index (κ1) is 9.69. The van der Waals surface area contributed by atoms with Gasteiger partial charge >= 0.3 is 0 Å². The molecule has 0 aromatic heterocycles. The van der Waals surface area contributed by atoms with E-state index in [0.717, 1.165) is 6.42 Å². The fourth-order valence-electron chi connectivity index (χ4n) is 0.642. The van der Waals surface area contributed by atoms with Crippen LogP contribution < -0.4 is 0 Å². The lowest BCUT2D eigenvalue weighted by atomic mass is 10.4. The molecule has 0 aliphatic heterocycles. The summed E-state index contributed by atoms with van der Waals surface area (Å²) in [6.07, 6.45) is 2.52. The molecule has 0 heterocycles. The molecule has 0 aromatic rings. The summed E-state index contributed by atoms with van der Waals surface area (Å²) in [5.74, 6) is 0.204. The van der Waals surface area contributed by atoms with E-state index >= 15 is 0 Å². The largest absolute Gasteiger partial charge is 0.224 e. The molecule has 0 saturated heterocycles. The van der Waals surface area contributed by atoms with E-state index in [0.29, 0.717) is 4.91 Å². The molecule has 3 heteroatoms. The third-order valence-electron chi connectivity index (χ3n) is 1.36. The molecule has 0 aliphatic rings. The van der Waals surface area contributed by atoms with Crippen molar-refractivity contribution in [3.63, 3.8) is 0 Å². The van der Waals surface area contributed by atoms with Crippen LogP contribution in [0, 0.1) is 0 Å². The molecule has 0 N–H and O–H groups in total. The SMILES string of the molecule is CC/C=C(\C)S(=O)(=O)CC. The van der Waals surface area contributed by atoms with Crippen LogP contribution in [0.2, 0.25) is 0 Å². The summed E-state index contributed by atoms with van der Waals surface area (Å²) >= 11 is 0. The topological polar surface area (TPSA) is 34.1 Å². The van der Waals surface area contributed by atoms with Gasteiger partial charge in [-0.2, -0.15) is 0 Å². The van der Waals surface area contributed by atoms with E-state index in [4.69, 9.17) is 0 Å². The summed E-state index contributed by atoms with van der Waals surface area (Å²) in [7, 11) is -2.90. The van der Waals surface area contributed by atoms with Crippen molar-refractivity contribution in [1.29, 1.82) is 0 Å². The standard InChI is InChI=1S/C7H14O2S/c1-4-6-7(3)10(8,9)5-2/h6H,4-5H2,1-3H3/b7-6+. The van der Waals surface area contributed by atoms with Crippen molar-refractivity contribution in [1.82, 2.24) is 0 Å². The van der Waals surface area contributed by atoms with Gasteiger partial charge in [-0.15, -0.1) is 0 Å². The predicted octanol–water partition coefficient (Wildman–Crippen LogP) is 1.73. The van der Waals surface area contributed by atoms with Gasteiger partial charge in [0.2, 0.25) is 0 Å². The maximum Gasteiger partial charge on any atom is 0.173 e. The number of hydrogen-bond donors (Lipinski definition) is 0. The molecule has 0 aliphatic carbocycles. The molecule has 0 saturated carbocycles. The second-order valence-electron chi connectivity index (χ2n) is 2.13. The Hall–Kier alpha value is -0.310. The van der Waals surface area contributed by atoms with Crippen LogP contribution in [0.3, 0.4) is 0 Å². The Morgan fingerprint density at radius 1 is 1.40 bits per heavy atom. The molecule has 0 amide bonds. The van der Waals surface area contributed by atoms with Crippen LogP contribution in [0.1, 0.15) is 27.2 Å². The van der Waals surface area contributed by atoms with Gasteiger partial charge in [0.1, 0.15) is 0 Å². The normalized spacial score (nSPS) is 13.7. The van der Waals surface area contributed by atoms with E-state index in [1.807, 2.05) is 6.92 Å². The van der Waals surface area contributed by atoms with Gasteiger partial charge in [-0.05, 0) is 13.3 Å². The summed E-state index contributed by atoms with van der Waals surface area (Å²) in [5.41, 5.74) is 0. The maximum atomic E-state index is 11.0. The average molecular weight is 162 g/mol. The highest BCUT2D eigenvalue weighted by molar-refractivity contribution is 7.95. The molecular formula is C7H14O2S. The Bertz CT molecular complexity index is 212. The molecule has 60 valence electrons. The second kappa shape index (κ2) is 3.76. The molecule has 10 heavy (non-hydrogen) atoms. The Kier molecular flexibility index (Phi) is 3.64. The summed E-state index contributed by atoms with van der Waals surface area (Å²) in [6, 6.07) is 0. The minimum absolute atomic E-state index is 0.204. The van der Waals surface area contributed by atoms with Gasteiger partial charge in [-0.1, -0.05) is 19.9 Å². The molecule has 0 atom stereocenters. The van der Waals surface area contributed by atoms with Crippen LogP contribution in [-0.2, 0) is 9.84 Å². The predicted molar refractivity (Wildman–Crippen MR) is 43.5 cm³/mol. The lowest BCUT2D eigenvalue weighted by Crippen LogP contribution is -2.03. The Labute approximate surface area is 62.9 Å². The first-order chi connectivity index (χ1) is 4.54. The van der Waals surface area contributed by atoms with Crippen LogP contribution in [0.15, 0.2) is 11.0 Å². The molecule has 0 spiro atoms. The first-order valence-electron chi connectivity index (χ1n) is 3.44. The quantitative estimate of drug-likeness (QED) is 0.633. The van der Waals surface area contributed by atoms with Crippen LogP contribution in [-0.4, -0.2) is 14.2 Å². The lowest BCUT2D eigenvalue weighted by Gasteiger charge is -1.98. The number of allylic oxidation sites excluding steroid dienone is 2. The number of sulfone groups is 1. The third-order valence-corrected chi connectivity index (χ3v) is 3.27. The molecule has 0 rings (SSSR count). The van der Waals surface area contributed by atoms with Crippen LogP contribution >= 0.6 is 0 Å². The summed E-state index contributed by atoms with van der Waals surface area (Å²) in [6.45, 7) is 5.22. The minimum Gasteiger partial charge on any atom is -0.224 e. The van der Waals surface area contributed by atoms with Crippen molar-refractivity contribution in [2.45, 2.75) is 27.2 Å². The van der Waals surface area contributed by atoms with Crippen molar-refractivity contribution in [3.05, 3.63) is 11.0 Å². The fourth-order valence-corrected chi connectivity index (χ4v) is 1.52. The van der Waals surface area contributed by atoms with Gasteiger partial charge in [-0.3, -0.25) is 0 Å². The maximum absolute atomic E-state index is 11.0. The van der Waals surface area contributed by atoms with E-state index < -0.39 is 9.84 Å². The fraction of sp³-hybridized carbons (Fsp3) is 0.714. The highest BCUT2D eigenvalue weighted by atomic mass is 32.2. The Balaban J connectivity index is 4.50. The van der Waals surface area contributed by atoms with E-state index in [1.165, 1.54) is 0 Å². The summed E-state index contributed by atoms with van der Waals surface area (Å²) in [5, 5.41) is 0. The van der Waals surface area contributed by atoms with Crippen molar-refractivity contribution in [2.75, 3.05) is 5.75 Å². The smallest absolute Gasteiger partial charge is 0.173 e. The molecule has 0 bridgehead atoms. The molecular weight excluding hydrogens is 148 g/mol. The molecule has 0 aromatic carbocycles. The van der Waals surface area contributed by atoms with Crippen molar-refractivity contribution in [3.8, 4) is 0 Å². The van der Waals surface area contributed by atoms with E-state index in [9.17, 15) is 8.42 Å². The average Bonchev–Trinajstić information content (AvgIpc) is 1.89. The zero-order chi connectivity index (χ0) is 8.20. The summed E-state index contributed by atoms with van der Waals surface area (Å²) < 4.78 is 22.0. The lowest BCUT2D eigenvalue weighted by molar-refractivity contribution is 0.603. The molecule has 2 nitrogen and oxygen atoms in total. The van der Waals surface area contributed by atoms with Gasteiger partial charge < -0.3 is 0 Å². The third kappa shape index (κ3) is 2.52. The highest BCUT2D eigenvalue weighted by Gasteiger charge is 2.07. The molecule has 0 radical (unpaired) electrons. The van der Waals surface area contributed by atoms with Crippen molar-refractivity contribution < 1.29 is 8.42 Å². The van der Waals surface area contributed by atoms with Gasteiger partial charge in [0.15, 0.2) is 9.84 Å². The van der Waals surface area contributed by atoms with Gasteiger partial charge in [0.05, 0.1) is 5.75 Å². The summed E-state index contributed by atoms with van der Waals surface area (Å²) in [4.78, 5) is 0.498. The minimum atomic E-state index is -2.90. The molecule has 0 unspecified atom stereocenters. The van der Waals surface area contributed by atoms with Crippen LogP contribution in [0.25, 0.3) is 0 Å². The number of rotatable bonds is 3. The highest BCUT2D eigenvalue weighted by Crippen LogP contribution is 2.06. The van der Waals surface area contributed by atoms with E-state index in [-0.39, 0.29) is 5.75 Å². The van der Waals surface area contributed by atoms with Gasteiger partial charge in [-0.25, -0.2) is 8.42 Å². The number of hydrogen-bond acceptors (Lipinski definition) is 2. The van der Waals surface area contributed by atoms with Crippen LogP contribution in [0.5, 0.6) is 0 Å². The second-order valence-corrected chi connectivity index (χ2v) is 4.58. The van der Waals surface area contributed by atoms with Crippen LogP contribution in [0.4, 0.5) is 0 Å².